The van der Waals surface area contributed by atoms with Gasteiger partial charge in [-0.05, 0) is 31.2 Å². The first-order chi connectivity index (χ1) is 10.2. The zero-order valence-electron chi connectivity index (χ0n) is 11.9. The van der Waals surface area contributed by atoms with Gasteiger partial charge in [-0.25, -0.2) is 9.37 Å². The molecule has 112 valence electrons. The van der Waals surface area contributed by atoms with Crippen molar-refractivity contribution in [3.63, 3.8) is 0 Å². The van der Waals surface area contributed by atoms with Crippen molar-refractivity contribution in [2.75, 3.05) is 25.0 Å². The summed E-state index contributed by atoms with van der Waals surface area (Å²) in [5.74, 6) is 0.637. The smallest absolute Gasteiger partial charge is 0.145 e. The minimum atomic E-state index is -0.876. The van der Waals surface area contributed by atoms with Crippen LogP contribution in [0.2, 0.25) is 0 Å². The molecule has 1 aliphatic rings. The van der Waals surface area contributed by atoms with Gasteiger partial charge < -0.3 is 10.2 Å². The van der Waals surface area contributed by atoms with E-state index < -0.39 is 6.17 Å². The number of halogens is 2. The van der Waals surface area contributed by atoms with E-state index in [0.717, 1.165) is 35.0 Å². The third-order valence-electron chi connectivity index (χ3n) is 3.91. The highest BCUT2D eigenvalue weighted by Gasteiger charge is 2.28. The highest BCUT2D eigenvalue weighted by atomic mass is 79.9. The number of hydrogen-bond acceptors (Lipinski definition) is 4. The quantitative estimate of drug-likeness (QED) is 0.920. The summed E-state index contributed by atoms with van der Waals surface area (Å²) >= 11 is 3.43. The Balaban J connectivity index is 1.75. The van der Waals surface area contributed by atoms with E-state index >= 15 is 0 Å². The average molecular weight is 353 g/mol. The highest BCUT2D eigenvalue weighted by molar-refractivity contribution is 9.10. The number of hydrogen-bond donors (Lipinski definition) is 1. The van der Waals surface area contributed by atoms with Gasteiger partial charge in [-0.15, -0.1) is 0 Å². The molecule has 4 nitrogen and oxygen atoms in total. The fourth-order valence-electron chi connectivity index (χ4n) is 2.66. The van der Waals surface area contributed by atoms with Crippen molar-refractivity contribution >= 4 is 32.8 Å². The Morgan fingerprint density at radius 2 is 2.29 bits per heavy atom. The van der Waals surface area contributed by atoms with Crippen molar-refractivity contribution in [2.45, 2.75) is 25.6 Å². The second-order valence-electron chi connectivity index (χ2n) is 5.34. The predicted molar refractivity (Wildman–Crippen MR) is 86.3 cm³/mol. The number of fused-ring (bicyclic) bond motifs is 1. The molecule has 2 aromatic rings. The molecule has 2 heterocycles. The topological polar surface area (TPSA) is 41.0 Å². The van der Waals surface area contributed by atoms with Crippen molar-refractivity contribution in [3.8, 4) is 0 Å². The van der Waals surface area contributed by atoms with Gasteiger partial charge in [0.25, 0.3) is 0 Å². The van der Waals surface area contributed by atoms with Crippen LogP contribution in [0.5, 0.6) is 0 Å². The number of alkyl halides is 1. The van der Waals surface area contributed by atoms with Crippen molar-refractivity contribution in [1.82, 2.24) is 14.9 Å². The monoisotopic (exact) mass is 352 g/mol. The van der Waals surface area contributed by atoms with Crippen molar-refractivity contribution < 1.29 is 4.39 Å². The van der Waals surface area contributed by atoms with Gasteiger partial charge in [0.1, 0.15) is 12.0 Å². The summed E-state index contributed by atoms with van der Waals surface area (Å²) < 4.78 is 15.1. The molecule has 2 atom stereocenters. The molecule has 0 amide bonds. The third-order valence-corrected chi connectivity index (χ3v) is 4.40. The fourth-order valence-corrected chi connectivity index (χ4v) is 3.01. The second kappa shape index (κ2) is 6.23. The summed E-state index contributed by atoms with van der Waals surface area (Å²) in [5, 5.41) is 3.20. The average Bonchev–Trinajstić information content (AvgIpc) is 2.49. The maximum atomic E-state index is 14.2. The van der Waals surface area contributed by atoms with Crippen LogP contribution in [0.25, 0.3) is 11.0 Å². The first kappa shape index (κ1) is 14.7. The fraction of sp³-hybridized carbons (Fsp3) is 0.467. The molecule has 1 aliphatic heterocycles. The van der Waals surface area contributed by atoms with Crippen LogP contribution in [-0.2, 0) is 0 Å². The van der Waals surface area contributed by atoms with Crippen LogP contribution in [0.15, 0.2) is 28.9 Å². The summed E-state index contributed by atoms with van der Waals surface area (Å²) in [4.78, 5) is 11.0. The number of anilines is 1. The standard InChI is InChI=1S/C15H18BrFN4/c1-2-21-6-5-12(11(17)9-21)19-15-8-18-13-4-3-10(16)7-14(13)20-15/h3-4,7-8,11-12H,2,5-6,9H2,1H3,(H,19,20)/t11-,12+/m1/s1. The van der Waals surface area contributed by atoms with Crippen LogP contribution in [0.1, 0.15) is 13.3 Å². The molecular formula is C15H18BrFN4. The van der Waals surface area contributed by atoms with Gasteiger partial charge in [-0.2, -0.15) is 0 Å². The molecule has 1 fully saturated rings. The molecular weight excluding hydrogens is 335 g/mol. The minimum absolute atomic E-state index is 0.188. The number of piperidine rings is 1. The van der Waals surface area contributed by atoms with Crippen molar-refractivity contribution in [3.05, 3.63) is 28.9 Å². The Labute approximate surface area is 131 Å². The molecule has 1 saturated heterocycles. The Bertz CT molecular complexity index is 636. The number of likely N-dealkylation sites (tertiary alicyclic amines) is 1. The number of nitrogens with one attached hydrogen (secondary N) is 1. The summed E-state index contributed by atoms with van der Waals surface area (Å²) in [7, 11) is 0. The largest absolute Gasteiger partial charge is 0.363 e. The molecule has 0 radical (unpaired) electrons. The maximum Gasteiger partial charge on any atom is 0.145 e. The van der Waals surface area contributed by atoms with Gasteiger partial charge in [0.2, 0.25) is 0 Å². The zero-order valence-corrected chi connectivity index (χ0v) is 13.5. The number of benzene rings is 1. The van der Waals surface area contributed by atoms with E-state index in [-0.39, 0.29) is 6.04 Å². The number of rotatable bonds is 3. The van der Waals surface area contributed by atoms with E-state index in [1.54, 1.807) is 6.20 Å². The lowest BCUT2D eigenvalue weighted by Gasteiger charge is -2.34. The first-order valence-electron chi connectivity index (χ1n) is 7.21. The molecule has 6 heteroatoms. The Hall–Kier alpha value is -1.27. The number of nitrogens with zero attached hydrogens (tertiary/aromatic N) is 3. The lowest BCUT2D eigenvalue weighted by Crippen LogP contribution is -2.47. The van der Waals surface area contributed by atoms with Crippen LogP contribution >= 0.6 is 15.9 Å². The van der Waals surface area contributed by atoms with Crippen molar-refractivity contribution in [1.29, 1.82) is 0 Å². The molecule has 3 rings (SSSR count). The van der Waals surface area contributed by atoms with E-state index in [1.165, 1.54) is 0 Å². The first-order valence-corrected chi connectivity index (χ1v) is 8.00. The molecule has 0 saturated carbocycles. The van der Waals surface area contributed by atoms with E-state index in [1.807, 2.05) is 18.2 Å². The molecule has 0 aliphatic carbocycles. The Morgan fingerprint density at radius 3 is 3.05 bits per heavy atom. The van der Waals surface area contributed by atoms with E-state index in [0.29, 0.717) is 12.4 Å². The third kappa shape index (κ3) is 3.32. The van der Waals surface area contributed by atoms with Crippen LogP contribution < -0.4 is 5.32 Å². The summed E-state index contributed by atoms with van der Waals surface area (Å²) in [6.07, 6.45) is 1.58. The summed E-state index contributed by atoms with van der Waals surface area (Å²) in [6, 6.07) is 5.57. The van der Waals surface area contributed by atoms with E-state index in [4.69, 9.17) is 0 Å². The van der Waals surface area contributed by atoms with Gasteiger partial charge >= 0.3 is 0 Å². The van der Waals surface area contributed by atoms with Crippen molar-refractivity contribution in [2.24, 2.45) is 0 Å². The van der Waals surface area contributed by atoms with Gasteiger partial charge in [0.05, 0.1) is 23.3 Å². The molecule has 1 aromatic heterocycles. The van der Waals surface area contributed by atoms with Gasteiger partial charge in [-0.3, -0.25) is 4.98 Å². The lowest BCUT2D eigenvalue weighted by atomic mass is 10.0. The van der Waals surface area contributed by atoms with Crippen LogP contribution in [0, 0.1) is 0 Å². The summed E-state index contributed by atoms with van der Waals surface area (Å²) in [5.41, 5.74) is 1.64. The molecule has 0 unspecified atom stereocenters. The van der Waals surface area contributed by atoms with Gasteiger partial charge in [-0.1, -0.05) is 22.9 Å². The molecule has 1 N–H and O–H groups in total. The van der Waals surface area contributed by atoms with Crippen LogP contribution in [-0.4, -0.2) is 46.7 Å². The van der Waals surface area contributed by atoms with Gasteiger partial charge in [0.15, 0.2) is 0 Å². The molecule has 1 aromatic carbocycles. The normalized spacial score (nSPS) is 23.4. The van der Waals surface area contributed by atoms with Crippen LogP contribution in [0.3, 0.4) is 0 Å². The molecule has 21 heavy (non-hydrogen) atoms. The second-order valence-corrected chi connectivity index (χ2v) is 6.25. The number of aromatic nitrogens is 2. The van der Waals surface area contributed by atoms with Gasteiger partial charge in [0, 0.05) is 17.6 Å². The highest BCUT2D eigenvalue weighted by Crippen LogP contribution is 2.21. The van der Waals surface area contributed by atoms with Crippen LogP contribution in [0.4, 0.5) is 10.2 Å². The predicted octanol–water partition coefficient (Wildman–Crippen LogP) is 3.24. The SMILES string of the molecule is CCN1CC[C@H](Nc2cnc3ccc(Br)cc3n2)[C@H](F)C1. The van der Waals surface area contributed by atoms with E-state index in [9.17, 15) is 4.39 Å². The molecule has 0 bridgehead atoms. The lowest BCUT2D eigenvalue weighted by molar-refractivity contribution is 0.131. The Kier molecular flexibility index (Phi) is 4.35. The summed E-state index contributed by atoms with van der Waals surface area (Å²) in [6.45, 7) is 4.37. The molecule has 0 spiro atoms. The minimum Gasteiger partial charge on any atom is -0.363 e. The maximum absolute atomic E-state index is 14.2. The van der Waals surface area contributed by atoms with E-state index in [2.05, 4.69) is 43.0 Å². The Morgan fingerprint density at radius 1 is 1.43 bits per heavy atom. The zero-order chi connectivity index (χ0) is 14.8.